The molecule has 2 heterocycles. The molecule has 0 bridgehead atoms. The first-order chi connectivity index (χ1) is 14.2. The first-order valence-corrected chi connectivity index (χ1v) is 10.0. The molecule has 6 nitrogen and oxygen atoms in total. The molecule has 0 amide bonds. The van der Waals surface area contributed by atoms with Gasteiger partial charge < -0.3 is 9.15 Å². The topological polar surface area (TPSA) is 70.2 Å². The van der Waals surface area contributed by atoms with Crippen LogP contribution in [0.2, 0.25) is 0 Å². The van der Waals surface area contributed by atoms with Gasteiger partial charge >= 0.3 is 0 Å². The molecule has 0 unspecified atom stereocenters. The van der Waals surface area contributed by atoms with E-state index in [1.807, 2.05) is 53.1 Å². The molecular formula is C22H19N3O3S. The summed E-state index contributed by atoms with van der Waals surface area (Å²) in [5.41, 5.74) is 1.62. The van der Waals surface area contributed by atoms with Gasteiger partial charge in [-0.1, -0.05) is 36.0 Å². The molecule has 29 heavy (non-hydrogen) atoms. The molecule has 4 aromatic rings. The number of allylic oxidation sites excluding steroid dienone is 1. The average molecular weight is 405 g/mol. The zero-order valence-corrected chi connectivity index (χ0v) is 16.7. The number of hydrogen-bond acceptors (Lipinski definition) is 6. The van der Waals surface area contributed by atoms with Crippen LogP contribution >= 0.6 is 11.8 Å². The van der Waals surface area contributed by atoms with Gasteiger partial charge in [0.2, 0.25) is 5.78 Å². The van der Waals surface area contributed by atoms with Crippen molar-refractivity contribution in [2.75, 3.05) is 12.9 Å². The van der Waals surface area contributed by atoms with Crippen LogP contribution in [0.5, 0.6) is 5.75 Å². The number of benzene rings is 2. The zero-order valence-electron chi connectivity index (χ0n) is 15.9. The molecule has 0 fully saturated rings. The van der Waals surface area contributed by atoms with Crippen LogP contribution in [-0.4, -0.2) is 33.4 Å². The molecule has 0 saturated heterocycles. The number of para-hydroxylation sites is 1. The zero-order chi connectivity index (χ0) is 20.2. The number of thioether (sulfide) groups is 1. The van der Waals surface area contributed by atoms with Crippen LogP contribution in [0.15, 0.2) is 76.8 Å². The minimum Gasteiger partial charge on any atom is -0.497 e. The van der Waals surface area contributed by atoms with Crippen molar-refractivity contribution in [2.24, 2.45) is 0 Å². The van der Waals surface area contributed by atoms with Crippen LogP contribution in [-0.2, 0) is 6.54 Å². The second-order valence-electron chi connectivity index (χ2n) is 6.29. The highest BCUT2D eigenvalue weighted by atomic mass is 32.2. The molecule has 0 atom stereocenters. The second kappa shape index (κ2) is 8.36. The third-order valence-corrected chi connectivity index (χ3v) is 5.38. The van der Waals surface area contributed by atoms with Crippen LogP contribution in [0.4, 0.5) is 0 Å². The van der Waals surface area contributed by atoms with Crippen molar-refractivity contribution in [3.05, 3.63) is 73.0 Å². The fourth-order valence-electron chi connectivity index (χ4n) is 2.96. The molecule has 7 heteroatoms. The fraction of sp³-hybridized carbons (Fsp3) is 0.136. The van der Waals surface area contributed by atoms with Crippen LogP contribution in [0, 0.1) is 0 Å². The number of carbonyl (C=O) groups excluding carboxylic acids is 1. The predicted octanol–water partition coefficient (Wildman–Crippen LogP) is 4.86. The Kier molecular flexibility index (Phi) is 5.48. The molecule has 0 saturated carbocycles. The van der Waals surface area contributed by atoms with Gasteiger partial charge in [-0.2, -0.15) is 0 Å². The predicted molar refractivity (Wildman–Crippen MR) is 113 cm³/mol. The highest BCUT2D eigenvalue weighted by Gasteiger charge is 2.17. The molecule has 0 N–H and O–H groups in total. The second-order valence-corrected chi connectivity index (χ2v) is 7.24. The summed E-state index contributed by atoms with van der Waals surface area (Å²) >= 11 is 1.33. The van der Waals surface area contributed by atoms with E-state index in [1.54, 1.807) is 19.3 Å². The van der Waals surface area contributed by atoms with E-state index in [9.17, 15) is 4.79 Å². The van der Waals surface area contributed by atoms with E-state index in [0.717, 1.165) is 16.7 Å². The molecule has 146 valence electrons. The quantitative estimate of drug-likeness (QED) is 0.237. The summed E-state index contributed by atoms with van der Waals surface area (Å²) in [6.07, 6.45) is 1.78. The van der Waals surface area contributed by atoms with E-state index < -0.39 is 0 Å². The summed E-state index contributed by atoms with van der Waals surface area (Å²) < 4.78 is 12.8. The number of ketones is 1. The maximum Gasteiger partial charge on any atom is 0.208 e. The Bertz CT molecular complexity index is 1130. The molecular weight excluding hydrogens is 386 g/mol. The summed E-state index contributed by atoms with van der Waals surface area (Å²) in [5, 5.41) is 10.2. The van der Waals surface area contributed by atoms with E-state index in [1.165, 1.54) is 11.8 Å². The van der Waals surface area contributed by atoms with Gasteiger partial charge in [0.05, 0.1) is 12.9 Å². The number of nitrogens with zero attached hydrogens (tertiary/aromatic N) is 3. The highest BCUT2D eigenvalue weighted by molar-refractivity contribution is 7.99. The van der Waals surface area contributed by atoms with Gasteiger partial charge in [-0.15, -0.1) is 16.8 Å². The van der Waals surface area contributed by atoms with Crippen molar-refractivity contribution in [3.63, 3.8) is 0 Å². The maximum atomic E-state index is 12.6. The Hall–Kier alpha value is -3.32. The van der Waals surface area contributed by atoms with Gasteiger partial charge in [-0.3, -0.25) is 9.36 Å². The molecule has 0 radical (unpaired) electrons. The van der Waals surface area contributed by atoms with Gasteiger partial charge in [0.15, 0.2) is 16.7 Å². The van der Waals surface area contributed by atoms with Crippen molar-refractivity contribution in [3.8, 4) is 17.1 Å². The first-order valence-electron chi connectivity index (χ1n) is 9.02. The molecule has 4 rings (SSSR count). The normalized spacial score (nSPS) is 10.9. The molecule has 0 aliphatic heterocycles. The van der Waals surface area contributed by atoms with Crippen LogP contribution in [0.3, 0.4) is 0 Å². The molecule has 0 aliphatic carbocycles. The van der Waals surface area contributed by atoms with E-state index in [4.69, 9.17) is 9.15 Å². The van der Waals surface area contributed by atoms with Crippen molar-refractivity contribution >= 4 is 28.5 Å². The number of Topliss-reactive ketones (excluding diaryl/α,β-unsaturated/α-hetero) is 1. The number of ether oxygens (including phenoxy) is 1. The standard InChI is InChI=1S/C22H19N3O3S/c1-3-12-25-21(15-8-10-17(27-2)11-9-15)23-24-22(25)29-14-18(26)20-13-16-6-4-5-7-19(16)28-20/h3-11,13H,1,12,14H2,2H3. The lowest BCUT2D eigenvalue weighted by molar-refractivity contribution is 0.0994. The Labute approximate surface area is 172 Å². The Balaban J connectivity index is 1.54. The summed E-state index contributed by atoms with van der Waals surface area (Å²) in [6, 6.07) is 16.9. The number of furan rings is 1. The summed E-state index contributed by atoms with van der Waals surface area (Å²) in [5.74, 6) is 1.95. The smallest absolute Gasteiger partial charge is 0.208 e. The van der Waals surface area contributed by atoms with Gasteiger partial charge in [0, 0.05) is 17.5 Å². The lowest BCUT2D eigenvalue weighted by Gasteiger charge is -2.08. The van der Waals surface area contributed by atoms with Crippen LogP contribution < -0.4 is 4.74 Å². The Morgan fingerprint density at radius 1 is 1.21 bits per heavy atom. The SMILES string of the molecule is C=CCn1c(SCC(=O)c2cc3ccccc3o2)nnc1-c1ccc(OC)cc1. The maximum absolute atomic E-state index is 12.6. The van der Waals surface area contributed by atoms with E-state index in [0.29, 0.717) is 28.9 Å². The Morgan fingerprint density at radius 2 is 2.00 bits per heavy atom. The highest BCUT2D eigenvalue weighted by Crippen LogP contribution is 2.27. The lowest BCUT2D eigenvalue weighted by Crippen LogP contribution is -2.04. The van der Waals surface area contributed by atoms with E-state index in [2.05, 4.69) is 16.8 Å². The van der Waals surface area contributed by atoms with E-state index >= 15 is 0 Å². The first kappa shape index (κ1) is 19.0. The van der Waals surface area contributed by atoms with Gasteiger partial charge in [0.25, 0.3) is 0 Å². The van der Waals surface area contributed by atoms with Crippen molar-refractivity contribution in [2.45, 2.75) is 11.7 Å². The largest absolute Gasteiger partial charge is 0.497 e. The Morgan fingerprint density at radius 3 is 2.72 bits per heavy atom. The van der Waals surface area contributed by atoms with Crippen molar-refractivity contribution < 1.29 is 13.9 Å². The van der Waals surface area contributed by atoms with Crippen LogP contribution in [0.1, 0.15) is 10.6 Å². The number of fused-ring (bicyclic) bond motifs is 1. The summed E-state index contributed by atoms with van der Waals surface area (Å²) in [4.78, 5) is 12.6. The average Bonchev–Trinajstić information content (AvgIpc) is 3.37. The van der Waals surface area contributed by atoms with Crippen LogP contribution in [0.25, 0.3) is 22.4 Å². The fourth-order valence-corrected chi connectivity index (χ4v) is 3.78. The van der Waals surface area contributed by atoms with E-state index in [-0.39, 0.29) is 11.5 Å². The molecule has 0 aliphatic rings. The van der Waals surface area contributed by atoms with Gasteiger partial charge in [-0.25, -0.2) is 0 Å². The lowest BCUT2D eigenvalue weighted by atomic mass is 10.2. The van der Waals surface area contributed by atoms with Crippen molar-refractivity contribution in [1.82, 2.24) is 14.8 Å². The number of aromatic nitrogens is 3. The van der Waals surface area contributed by atoms with Gasteiger partial charge in [0.1, 0.15) is 11.3 Å². The number of carbonyl (C=O) groups is 1. The summed E-state index contributed by atoms with van der Waals surface area (Å²) in [7, 11) is 1.63. The van der Waals surface area contributed by atoms with Crippen molar-refractivity contribution in [1.29, 1.82) is 0 Å². The molecule has 0 spiro atoms. The number of hydrogen-bond donors (Lipinski definition) is 0. The monoisotopic (exact) mass is 405 g/mol. The minimum atomic E-state index is -0.0923. The van der Waals surface area contributed by atoms with Gasteiger partial charge in [-0.05, 0) is 36.4 Å². The third kappa shape index (κ3) is 3.95. The molecule has 2 aromatic heterocycles. The minimum absolute atomic E-state index is 0.0923. The molecule has 2 aromatic carbocycles. The number of methoxy groups -OCH3 is 1. The number of rotatable bonds is 8. The third-order valence-electron chi connectivity index (χ3n) is 4.41. The summed E-state index contributed by atoms with van der Waals surface area (Å²) in [6.45, 7) is 4.36.